The number of carbonyl (C=O) groups excluding carboxylic acids is 2. The van der Waals surface area contributed by atoms with Gasteiger partial charge in [0, 0.05) is 17.1 Å². The van der Waals surface area contributed by atoms with Crippen molar-refractivity contribution in [1.29, 1.82) is 5.26 Å². The number of nitriles is 1. The molecule has 182 valence electrons. The predicted octanol–water partition coefficient (Wildman–Crippen LogP) is 6.66. The Morgan fingerprint density at radius 3 is 2.56 bits per heavy atom. The lowest BCUT2D eigenvalue weighted by Gasteiger charge is -2.05. The monoisotopic (exact) mass is 517 g/mol. The molecule has 2 heterocycles. The molecular weight excluding hydrogens is 494 g/mol. The van der Waals surface area contributed by atoms with Gasteiger partial charge in [-0.15, -0.1) is 22.7 Å². The maximum absolute atomic E-state index is 12.6. The third kappa shape index (κ3) is 5.00. The number of nitrogens with one attached hydrogen (secondary N) is 1. The lowest BCUT2D eigenvalue weighted by Crippen LogP contribution is -2.09. The molecule has 36 heavy (non-hydrogen) atoms. The number of esters is 2. The van der Waals surface area contributed by atoms with E-state index in [2.05, 4.69) is 11.4 Å². The molecule has 0 saturated heterocycles. The first-order valence-corrected chi connectivity index (χ1v) is 13.0. The molecular formula is C27H23N3O4S2. The Bertz CT molecular complexity index is 1510. The second-order valence-electron chi connectivity index (χ2n) is 7.58. The van der Waals surface area contributed by atoms with Crippen molar-refractivity contribution in [2.45, 2.75) is 20.8 Å². The second-order valence-corrected chi connectivity index (χ2v) is 9.46. The number of thiophene rings is 1. The van der Waals surface area contributed by atoms with Crippen molar-refractivity contribution in [2.24, 2.45) is 0 Å². The highest BCUT2D eigenvalue weighted by Crippen LogP contribution is 2.35. The summed E-state index contributed by atoms with van der Waals surface area (Å²) in [6.45, 7) is 5.51. The minimum absolute atomic E-state index is 0.192. The second kappa shape index (κ2) is 11.2. The first kappa shape index (κ1) is 25.1. The van der Waals surface area contributed by atoms with Gasteiger partial charge in [0.2, 0.25) is 0 Å². The number of nitrogens with zero attached hydrogens (tertiary/aromatic N) is 2. The van der Waals surface area contributed by atoms with Gasteiger partial charge < -0.3 is 14.8 Å². The number of ether oxygens (including phenoxy) is 2. The summed E-state index contributed by atoms with van der Waals surface area (Å²) in [5.41, 5.74) is 2.77. The molecule has 0 fully saturated rings. The average molecular weight is 518 g/mol. The molecule has 0 atom stereocenters. The summed E-state index contributed by atoms with van der Waals surface area (Å²) >= 11 is 2.44. The molecule has 1 N–H and O–H groups in total. The van der Waals surface area contributed by atoms with E-state index in [1.807, 2.05) is 47.8 Å². The highest BCUT2D eigenvalue weighted by Gasteiger charge is 2.26. The molecule has 0 aliphatic carbocycles. The van der Waals surface area contributed by atoms with Crippen molar-refractivity contribution in [3.05, 3.63) is 75.1 Å². The number of allylic oxidation sites excluding steroid dienone is 1. The van der Waals surface area contributed by atoms with Crippen molar-refractivity contribution in [1.82, 2.24) is 4.98 Å². The van der Waals surface area contributed by atoms with E-state index in [9.17, 15) is 14.9 Å². The number of benzene rings is 2. The quantitative estimate of drug-likeness (QED) is 0.206. The van der Waals surface area contributed by atoms with E-state index in [-0.39, 0.29) is 18.8 Å². The van der Waals surface area contributed by atoms with Gasteiger partial charge in [0.05, 0.1) is 24.5 Å². The third-order valence-corrected chi connectivity index (χ3v) is 7.43. The number of carbonyl (C=O) groups is 2. The van der Waals surface area contributed by atoms with Gasteiger partial charge in [0.1, 0.15) is 26.5 Å². The fraction of sp³-hybridized carbons (Fsp3) is 0.185. The summed E-state index contributed by atoms with van der Waals surface area (Å²) in [6.07, 6.45) is 1.49. The molecule has 0 aliphatic heterocycles. The smallest absolute Gasteiger partial charge is 0.348 e. The molecule has 0 bridgehead atoms. The van der Waals surface area contributed by atoms with E-state index in [1.165, 1.54) is 17.5 Å². The van der Waals surface area contributed by atoms with Gasteiger partial charge in [-0.1, -0.05) is 42.5 Å². The van der Waals surface area contributed by atoms with Crippen molar-refractivity contribution in [3.63, 3.8) is 0 Å². The van der Waals surface area contributed by atoms with Gasteiger partial charge >= 0.3 is 11.9 Å². The highest BCUT2D eigenvalue weighted by molar-refractivity contribution is 7.18. The van der Waals surface area contributed by atoms with Crippen LogP contribution >= 0.6 is 22.7 Å². The number of hydrogen-bond acceptors (Lipinski definition) is 9. The fourth-order valence-electron chi connectivity index (χ4n) is 3.71. The summed E-state index contributed by atoms with van der Waals surface area (Å²) in [5.74, 6) is -1.06. The van der Waals surface area contributed by atoms with Crippen LogP contribution < -0.4 is 5.32 Å². The number of hydrogen-bond donors (Lipinski definition) is 1. The molecule has 9 heteroatoms. The summed E-state index contributed by atoms with van der Waals surface area (Å²) in [5, 5.41) is 17.9. The molecule has 4 aromatic rings. The van der Waals surface area contributed by atoms with Crippen LogP contribution in [0.1, 0.15) is 44.4 Å². The highest BCUT2D eigenvalue weighted by atomic mass is 32.1. The number of thiazole rings is 1. The van der Waals surface area contributed by atoms with Crippen LogP contribution in [0, 0.1) is 18.3 Å². The molecule has 0 spiro atoms. The molecule has 2 aromatic heterocycles. The summed E-state index contributed by atoms with van der Waals surface area (Å²) in [6, 6.07) is 16.3. The van der Waals surface area contributed by atoms with Crippen molar-refractivity contribution < 1.29 is 19.1 Å². The lowest BCUT2D eigenvalue weighted by atomic mass is 10.0. The SMILES string of the molecule is CCOC(=O)c1sc(N/C=C(/C#N)c2nc(-c3cccc4ccccc34)cs2)c(C(=O)OCC)c1C. The molecule has 0 saturated carbocycles. The van der Waals surface area contributed by atoms with Crippen LogP contribution in [0.2, 0.25) is 0 Å². The maximum atomic E-state index is 12.6. The van der Waals surface area contributed by atoms with Crippen LogP contribution in [0.15, 0.2) is 54.0 Å². The zero-order valence-corrected chi connectivity index (χ0v) is 21.6. The van der Waals surface area contributed by atoms with Gasteiger partial charge in [0.25, 0.3) is 0 Å². The lowest BCUT2D eigenvalue weighted by molar-refractivity contribution is 0.0527. The van der Waals surface area contributed by atoms with Gasteiger partial charge in [-0.2, -0.15) is 5.26 Å². The maximum Gasteiger partial charge on any atom is 0.348 e. The molecule has 4 rings (SSSR count). The molecule has 0 unspecified atom stereocenters. The molecule has 2 aromatic carbocycles. The van der Waals surface area contributed by atoms with E-state index in [1.54, 1.807) is 20.8 Å². The molecule has 0 aliphatic rings. The zero-order valence-electron chi connectivity index (χ0n) is 20.0. The zero-order chi connectivity index (χ0) is 25.7. The Labute approximate surface area is 216 Å². The Morgan fingerprint density at radius 1 is 1.08 bits per heavy atom. The average Bonchev–Trinajstić information content (AvgIpc) is 3.49. The third-order valence-electron chi connectivity index (χ3n) is 5.36. The standard InChI is InChI=1S/C27H23N3O4S2/c1-4-33-26(31)22-16(3)23(27(32)34-5-2)36-25(22)29-14-18(13-28)24-30-21(15-35-24)20-12-8-10-17-9-6-7-11-19(17)20/h6-12,14-15,29H,4-5H2,1-3H3/b18-14-. The largest absolute Gasteiger partial charge is 0.462 e. The fourth-order valence-corrected chi connectivity index (χ4v) is 5.55. The summed E-state index contributed by atoms with van der Waals surface area (Å²) in [7, 11) is 0. The van der Waals surface area contributed by atoms with Gasteiger partial charge in [-0.25, -0.2) is 14.6 Å². The van der Waals surface area contributed by atoms with Crippen molar-refractivity contribution in [2.75, 3.05) is 18.5 Å². The summed E-state index contributed by atoms with van der Waals surface area (Å²) in [4.78, 5) is 30.0. The van der Waals surface area contributed by atoms with Crippen molar-refractivity contribution in [3.8, 4) is 17.3 Å². The van der Waals surface area contributed by atoms with Crippen molar-refractivity contribution >= 4 is 56.0 Å². The first-order chi connectivity index (χ1) is 17.5. The van der Waals surface area contributed by atoms with Crippen LogP contribution in [0.3, 0.4) is 0 Å². The normalized spacial score (nSPS) is 11.2. The van der Waals surface area contributed by atoms with Crippen LogP contribution in [0.4, 0.5) is 5.00 Å². The van der Waals surface area contributed by atoms with E-state index < -0.39 is 11.9 Å². The Morgan fingerprint density at radius 2 is 1.81 bits per heavy atom. The predicted molar refractivity (Wildman–Crippen MR) is 143 cm³/mol. The molecule has 0 amide bonds. The first-order valence-electron chi connectivity index (χ1n) is 11.3. The number of rotatable bonds is 8. The Hall–Kier alpha value is -4.00. The number of anilines is 1. The van der Waals surface area contributed by atoms with Crippen LogP contribution in [0.25, 0.3) is 27.6 Å². The molecule has 7 nitrogen and oxygen atoms in total. The number of aromatic nitrogens is 1. The summed E-state index contributed by atoms with van der Waals surface area (Å²) < 4.78 is 10.3. The minimum atomic E-state index is -0.552. The van der Waals surface area contributed by atoms with Crippen LogP contribution in [-0.4, -0.2) is 30.1 Å². The van der Waals surface area contributed by atoms with Gasteiger partial charge in [0.15, 0.2) is 0 Å². The topological polar surface area (TPSA) is 101 Å². The van der Waals surface area contributed by atoms with E-state index in [4.69, 9.17) is 14.5 Å². The Kier molecular flexibility index (Phi) is 7.78. The molecule has 0 radical (unpaired) electrons. The van der Waals surface area contributed by atoms with E-state index >= 15 is 0 Å². The van der Waals surface area contributed by atoms with Gasteiger partial charge in [-0.3, -0.25) is 0 Å². The number of fused-ring (bicyclic) bond motifs is 1. The van der Waals surface area contributed by atoms with Crippen LogP contribution in [-0.2, 0) is 9.47 Å². The van der Waals surface area contributed by atoms with Crippen LogP contribution in [0.5, 0.6) is 0 Å². The van der Waals surface area contributed by atoms with Gasteiger partial charge in [-0.05, 0) is 37.1 Å². The minimum Gasteiger partial charge on any atom is -0.462 e. The van der Waals surface area contributed by atoms with E-state index in [0.29, 0.717) is 26.0 Å². The Balaban J connectivity index is 1.67. The van der Waals surface area contributed by atoms with E-state index in [0.717, 1.165) is 33.4 Å².